The van der Waals surface area contributed by atoms with E-state index < -0.39 is 29.2 Å². The Balaban J connectivity index is 1.73. The Labute approximate surface area is 258 Å². The minimum Gasteiger partial charge on any atom is -0.507 e. The standard InChI is InChI=1S/C35H56O8/c1-9-24-19-35(12-4,27-17-18-34(41,11-3)23(8)42-27)43-32(24)26(10-2)31(38)22(7)29(36)20(5)13-15-25-16-14-21(6)30(37)28(25)33(39)40/h14,16,20,22-24,26-27,29,32,36-37,41H,9-13,15,17-19H2,1-8H3,(H,39,40)/t20-,22+,23+,24+,26+,27+,29+,32+,34-,35+/m0/s1. The van der Waals surface area contributed by atoms with Gasteiger partial charge in [0.2, 0.25) is 0 Å². The Kier molecular flexibility index (Phi) is 11.9. The molecule has 2 fully saturated rings. The Morgan fingerprint density at radius 1 is 1.12 bits per heavy atom. The largest absolute Gasteiger partial charge is 0.507 e. The molecule has 0 bridgehead atoms. The average molecular weight is 605 g/mol. The van der Waals surface area contributed by atoms with Crippen LogP contribution in [0.3, 0.4) is 0 Å². The van der Waals surface area contributed by atoms with Crippen molar-refractivity contribution in [3.8, 4) is 5.75 Å². The lowest BCUT2D eigenvalue weighted by Crippen LogP contribution is -2.55. The van der Waals surface area contributed by atoms with Crippen LogP contribution in [0.5, 0.6) is 5.75 Å². The van der Waals surface area contributed by atoms with E-state index in [-0.39, 0.29) is 53.2 Å². The molecule has 0 spiro atoms. The monoisotopic (exact) mass is 604 g/mol. The molecule has 43 heavy (non-hydrogen) atoms. The highest BCUT2D eigenvalue weighted by Crippen LogP contribution is 2.49. The van der Waals surface area contributed by atoms with Crippen molar-refractivity contribution in [2.75, 3.05) is 0 Å². The number of aliphatic hydroxyl groups excluding tert-OH is 1. The zero-order valence-electron chi connectivity index (χ0n) is 27.6. The number of Topliss-reactive ketones (excluding diaryl/α,β-unsaturated/α-hetero) is 1. The molecule has 0 aromatic heterocycles. The molecule has 244 valence electrons. The van der Waals surface area contributed by atoms with E-state index in [1.54, 1.807) is 26.0 Å². The first kappa shape index (κ1) is 35.5. The first-order chi connectivity index (χ1) is 20.2. The number of rotatable bonds is 14. The van der Waals surface area contributed by atoms with Crippen molar-refractivity contribution in [2.45, 2.75) is 149 Å². The third-order valence-electron chi connectivity index (χ3n) is 11.0. The lowest BCUT2D eigenvalue weighted by Gasteiger charge is -2.47. The summed E-state index contributed by atoms with van der Waals surface area (Å²) in [6, 6.07) is 3.41. The minimum atomic E-state index is -1.18. The van der Waals surface area contributed by atoms with Gasteiger partial charge in [-0.1, -0.05) is 60.1 Å². The van der Waals surface area contributed by atoms with Gasteiger partial charge < -0.3 is 29.9 Å². The number of carboxylic acids is 1. The van der Waals surface area contributed by atoms with Crippen LogP contribution in [-0.2, 0) is 20.7 Å². The Bertz CT molecular complexity index is 1120. The number of ether oxygens (including phenoxy) is 2. The maximum atomic E-state index is 14.0. The summed E-state index contributed by atoms with van der Waals surface area (Å²) in [5.41, 5.74) is -0.433. The number of ketones is 1. The summed E-state index contributed by atoms with van der Waals surface area (Å²) in [6.45, 7) is 15.5. The fraction of sp³-hybridized carbons (Fsp3) is 0.771. The van der Waals surface area contributed by atoms with Gasteiger partial charge in [0, 0.05) is 11.8 Å². The molecule has 2 heterocycles. The lowest BCUT2D eigenvalue weighted by molar-refractivity contribution is -0.229. The molecule has 1 aromatic rings. The van der Waals surface area contributed by atoms with Gasteiger partial charge in [-0.25, -0.2) is 4.79 Å². The van der Waals surface area contributed by atoms with Gasteiger partial charge in [-0.05, 0) is 88.2 Å². The van der Waals surface area contributed by atoms with E-state index in [9.17, 15) is 30.0 Å². The van der Waals surface area contributed by atoms with Crippen LogP contribution in [0.4, 0.5) is 0 Å². The molecule has 1 aromatic carbocycles. The van der Waals surface area contributed by atoms with Gasteiger partial charge in [0.25, 0.3) is 0 Å². The van der Waals surface area contributed by atoms with Gasteiger partial charge in [0.15, 0.2) is 0 Å². The molecular formula is C35H56O8. The lowest BCUT2D eigenvalue weighted by atomic mass is 9.75. The summed E-state index contributed by atoms with van der Waals surface area (Å²) < 4.78 is 13.4. The quantitative estimate of drug-likeness (QED) is 0.196. The fourth-order valence-corrected chi connectivity index (χ4v) is 7.63. The summed E-state index contributed by atoms with van der Waals surface area (Å²) in [7, 11) is 0. The number of aliphatic hydroxyl groups is 2. The van der Waals surface area contributed by atoms with E-state index in [4.69, 9.17) is 9.47 Å². The van der Waals surface area contributed by atoms with Crippen molar-refractivity contribution in [1.82, 2.24) is 0 Å². The molecule has 0 saturated carbocycles. The summed E-state index contributed by atoms with van der Waals surface area (Å²) >= 11 is 0. The van der Waals surface area contributed by atoms with Gasteiger partial charge in [0.05, 0.1) is 35.6 Å². The number of carbonyl (C=O) groups excluding carboxylic acids is 1. The number of carboxylic acid groups (broad SMARTS) is 1. The number of aromatic carboxylic acids is 1. The number of hydrogen-bond acceptors (Lipinski definition) is 7. The van der Waals surface area contributed by atoms with Crippen molar-refractivity contribution in [2.24, 2.45) is 23.7 Å². The van der Waals surface area contributed by atoms with Gasteiger partial charge in [-0.2, -0.15) is 0 Å². The van der Waals surface area contributed by atoms with Crippen LogP contribution in [0, 0.1) is 30.6 Å². The van der Waals surface area contributed by atoms with Crippen molar-refractivity contribution in [1.29, 1.82) is 0 Å². The number of phenols is 1. The van der Waals surface area contributed by atoms with Crippen LogP contribution >= 0.6 is 0 Å². The van der Waals surface area contributed by atoms with Gasteiger partial charge >= 0.3 is 5.97 Å². The second-order valence-electron chi connectivity index (χ2n) is 13.4. The maximum absolute atomic E-state index is 14.0. The molecule has 0 radical (unpaired) electrons. The summed E-state index contributed by atoms with van der Waals surface area (Å²) in [6.07, 6.45) is 4.27. The zero-order chi connectivity index (χ0) is 32.3. The molecule has 8 heteroatoms. The van der Waals surface area contributed by atoms with Gasteiger partial charge in [-0.15, -0.1) is 0 Å². The fourth-order valence-electron chi connectivity index (χ4n) is 7.63. The number of benzene rings is 1. The van der Waals surface area contributed by atoms with E-state index in [2.05, 4.69) is 13.8 Å². The van der Waals surface area contributed by atoms with E-state index in [0.29, 0.717) is 49.7 Å². The van der Waals surface area contributed by atoms with Gasteiger partial charge in [-0.3, -0.25) is 4.79 Å². The van der Waals surface area contributed by atoms with Gasteiger partial charge in [0.1, 0.15) is 17.1 Å². The molecule has 0 amide bonds. The van der Waals surface area contributed by atoms with Crippen molar-refractivity contribution >= 4 is 11.8 Å². The molecule has 2 aliphatic rings. The second kappa shape index (κ2) is 14.4. The van der Waals surface area contributed by atoms with Crippen LogP contribution in [0.1, 0.15) is 121 Å². The topological polar surface area (TPSA) is 134 Å². The van der Waals surface area contributed by atoms with E-state index >= 15 is 0 Å². The molecule has 8 nitrogen and oxygen atoms in total. The summed E-state index contributed by atoms with van der Waals surface area (Å²) in [5.74, 6) is -2.48. The average Bonchev–Trinajstić information content (AvgIpc) is 3.38. The van der Waals surface area contributed by atoms with Crippen molar-refractivity contribution < 1.29 is 39.5 Å². The molecule has 4 N–H and O–H groups in total. The second-order valence-corrected chi connectivity index (χ2v) is 13.4. The SMILES string of the molecule is CC[C@@H]1C[C@](CC)([C@H]2CC[C@@](O)(CC)[C@@H](C)O2)O[C@H]1[C@H](CC)C(=O)[C@H](C)[C@H](O)[C@@H](C)CCc1ccc(C)c(O)c1C(=O)O. The molecule has 3 rings (SSSR count). The van der Waals surface area contributed by atoms with Crippen molar-refractivity contribution in [3.05, 3.63) is 28.8 Å². The zero-order valence-corrected chi connectivity index (χ0v) is 27.6. The third kappa shape index (κ3) is 7.13. The van der Waals surface area contributed by atoms with Crippen LogP contribution < -0.4 is 0 Å². The summed E-state index contributed by atoms with van der Waals surface area (Å²) in [5, 5.41) is 42.2. The first-order valence-electron chi connectivity index (χ1n) is 16.5. The first-order valence-corrected chi connectivity index (χ1v) is 16.5. The van der Waals surface area contributed by atoms with Crippen LogP contribution in [-0.4, -0.2) is 67.8 Å². The summed E-state index contributed by atoms with van der Waals surface area (Å²) in [4.78, 5) is 25.8. The van der Waals surface area contributed by atoms with Crippen LogP contribution in [0.15, 0.2) is 12.1 Å². The number of hydrogen-bond donors (Lipinski definition) is 4. The number of aryl methyl sites for hydroxylation is 2. The third-order valence-corrected chi connectivity index (χ3v) is 11.0. The minimum absolute atomic E-state index is 0.00491. The van der Waals surface area contributed by atoms with Crippen LogP contribution in [0.2, 0.25) is 0 Å². The van der Waals surface area contributed by atoms with E-state index in [1.807, 2.05) is 27.7 Å². The van der Waals surface area contributed by atoms with Crippen LogP contribution in [0.25, 0.3) is 0 Å². The van der Waals surface area contributed by atoms with E-state index in [1.165, 1.54) is 0 Å². The number of carbonyl (C=O) groups is 2. The predicted octanol–water partition coefficient (Wildman–Crippen LogP) is 6.23. The maximum Gasteiger partial charge on any atom is 0.339 e. The molecule has 2 aliphatic heterocycles. The smallest absolute Gasteiger partial charge is 0.339 e. The molecule has 10 atom stereocenters. The predicted molar refractivity (Wildman–Crippen MR) is 166 cm³/mol. The highest BCUT2D eigenvalue weighted by molar-refractivity contribution is 5.93. The van der Waals surface area contributed by atoms with E-state index in [0.717, 1.165) is 19.3 Å². The highest BCUT2D eigenvalue weighted by Gasteiger charge is 2.55. The molecule has 0 aliphatic carbocycles. The Morgan fingerprint density at radius 3 is 2.33 bits per heavy atom. The normalized spacial score (nSPS) is 32.2. The Hall–Kier alpha value is -2.00. The molecule has 0 unspecified atom stereocenters. The molecular weight excluding hydrogens is 548 g/mol. The number of aromatic hydroxyl groups is 1. The van der Waals surface area contributed by atoms with Crippen molar-refractivity contribution in [3.63, 3.8) is 0 Å². The molecule has 2 saturated heterocycles. The Morgan fingerprint density at radius 2 is 1.79 bits per heavy atom. The highest BCUT2D eigenvalue weighted by atomic mass is 16.6.